The Kier molecular flexibility index (Phi) is 7.33. The van der Waals surface area contributed by atoms with Gasteiger partial charge < -0.3 is 11.1 Å². The zero-order chi connectivity index (χ0) is 13.4. The van der Waals surface area contributed by atoms with Gasteiger partial charge in [-0.2, -0.15) is 0 Å². The lowest BCUT2D eigenvalue weighted by molar-refractivity contribution is -0.123. The van der Waals surface area contributed by atoms with Crippen molar-refractivity contribution in [1.82, 2.24) is 5.32 Å². The van der Waals surface area contributed by atoms with Crippen LogP contribution in [0.1, 0.15) is 65.2 Å². The van der Waals surface area contributed by atoms with E-state index in [2.05, 4.69) is 19.2 Å². The van der Waals surface area contributed by atoms with Crippen LogP contribution in [-0.4, -0.2) is 18.5 Å². The van der Waals surface area contributed by atoms with Gasteiger partial charge in [0.05, 0.1) is 0 Å². The molecule has 3 nitrogen and oxygen atoms in total. The van der Waals surface area contributed by atoms with Crippen LogP contribution in [0.25, 0.3) is 0 Å². The molecule has 0 spiro atoms. The fourth-order valence-corrected chi connectivity index (χ4v) is 2.95. The van der Waals surface area contributed by atoms with Gasteiger partial charge in [-0.3, -0.25) is 4.79 Å². The Morgan fingerprint density at radius 3 is 2.44 bits per heavy atom. The monoisotopic (exact) mass is 254 g/mol. The average molecular weight is 254 g/mol. The average Bonchev–Trinajstić information content (AvgIpc) is 2.38. The number of carbonyl (C=O) groups is 1. The van der Waals surface area contributed by atoms with Gasteiger partial charge in [0.2, 0.25) is 5.91 Å². The van der Waals surface area contributed by atoms with Crippen LogP contribution in [0.3, 0.4) is 0 Å². The van der Waals surface area contributed by atoms with Crippen molar-refractivity contribution in [2.75, 3.05) is 6.54 Å². The first-order valence-electron chi connectivity index (χ1n) is 7.68. The number of rotatable bonds is 7. The van der Waals surface area contributed by atoms with E-state index in [4.69, 9.17) is 5.73 Å². The first-order chi connectivity index (χ1) is 8.69. The second-order valence-electron chi connectivity index (χ2n) is 5.79. The standard InChI is InChI=1S/C15H30N2O/c1-3-5-13-6-8-14(9-7-13)17-15(18)10-12(4-2)11-16/h12-14H,3-11,16H2,1-2H3,(H,17,18). The van der Waals surface area contributed by atoms with Crippen LogP contribution < -0.4 is 11.1 Å². The van der Waals surface area contributed by atoms with Crippen LogP contribution >= 0.6 is 0 Å². The predicted octanol–water partition coefficient (Wildman–Crippen LogP) is 2.84. The predicted molar refractivity (Wildman–Crippen MR) is 76.2 cm³/mol. The van der Waals surface area contributed by atoms with Crippen molar-refractivity contribution in [2.24, 2.45) is 17.6 Å². The quantitative estimate of drug-likeness (QED) is 0.734. The lowest BCUT2D eigenvalue weighted by atomic mass is 9.83. The number of nitrogens with one attached hydrogen (secondary N) is 1. The zero-order valence-corrected chi connectivity index (χ0v) is 12.1. The van der Waals surface area contributed by atoms with Crippen LogP contribution in [0.2, 0.25) is 0 Å². The molecule has 0 aromatic heterocycles. The van der Waals surface area contributed by atoms with Crippen molar-refractivity contribution >= 4 is 5.91 Å². The van der Waals surface area contributed by atoms with Gasteiger partial charge in [-0.1, -0.05) is 33.1 Å². The van der Waals surface area contributed by atoms with Crippen molar-refractivity contribution < 1.29 is 4.79 Å². The summed E-state index contributed by atoms with van der Waals surface area (Å²) in [5.41, 5.74) is 5.64. The molecule has 0 bridgehead atoms. The third-order valence-electron chi connectivity index (χ3n) is 4.29. The summed E-state index contributed by atoms with van der Waals surface area (Å²) >= 11 is 0. The molecule has 0 heterocycles. The summed E-state index contributed by atoms with van der Waals surface area (Å²) in [6.07, 6.45) is 9.13. The highest BCUT2D eigenvalue weighted by molar-refractivity contribution is 5.76. The topological polar surface area (TPSA) is 55.1 Å². The van der Waals surface area contributed by atoms with Crippen molar-refractivity contribution in [3.63, 3.8) is 0 Å². The van der Waals surface area contributed by atoms with E-state index < -0.39 is 0 Å². The van der Waals surface area contributed by atoms with Crippen LogP contribution in [0.4, 0.5) is 0 Å². The summed E-state index contributed by atoms with van der Waals surface area (Å²) in [7, 11) is 0. The minimum absolute atomic E-state index is 0.200. The van der Waals surface area contributed by atoms with Crippen LogP contribution in [-0.2, 0) is 4.79 Å². The van der Waals surface area contributed by atoms with E-state index in [0.29, 0.717) is 24.9 Å². The Morgan fingerprint density at radius 1 is 1.28 bits per heavy atom. The number of carbonyl (C=O) groups excluding carboxylic acids is 1. The minimum Gasteiger partial charge on any atom is -0.353 e. The molecule has 3 heteroatoms. The first kappa shape index (κ1) is 15.5. The second kappa shape index (κ2) is 8.52. The van der Waals surface area contributed by atoms with E-state index in [1.54, 1.807) is 0 Å². The lowest BCUT2D eigenvalue weighted by Crippen LogP contribution is -2.38. The normalized spacial score (nSPS) is 25.7. The third-order valence-corrected chi connectivity index (χ3v) is 4.29. The summed E-state index contributed by atoms with van der Waals surface area (Å²) in [5.74, 6) is 1.45. The van der Waals surface area contributed by atoms with E-state index in [9.17, 15) is 4.79 Å². The van der Waals surface area contributed by atoms with Crippen molar-refractivity contribution in [2.45, 2.75) is 71.3 Å². The molecule has 106 valence electrons. The molecular weight excluding hydrogens is 224 g/mol. The molecule has 1 aliphatic rings. The summed E-state index contributed by atoms with van der Waals surface area (Å²) in [4.78, 5) is 11.9. The fraction of sp³-hybridized carbons (Fsp3) is 0.933. The van der Waals surface area contributed by atoms with Gasteiger partial charge in [-0.15, -0.1) is 0 Å². The van der Waals surface area contributed by atoms with Gasteiger partial charge in [-0.05, 0) is 44.1 Å². The minimum atomic E-state index is 0.200. The third kappa shape index (κ3) is 5.38. The molecule has 18 heavy (non-hydrogen) atoms. The molecular formula is C15H30N2O. The second-order valence-corrected chi connectivity index (χ2v) is 5.79. The Bertz CT molecular complexity index is 231. The molecule has 0 aromatic carbocycles. The van der Waals surface area contributed by atoms with Crippen molar-refractivity contribution in [1.29, 1.82) is 0 Å². The van der Waals surface area contributed by atoms with E-state index in [-0.39, 0.29) is 5.91 Å². The molecule has 1 saturated carbocycles. The largest absolute Gasteiger partial charge is 0.353 e. The molecule has 0 aliphatic heterocycles. The van der Waals surface area contributed by atoms with E-state index >= 15 is 0 Å². The van der Waals surface area contributed by atoms with Gasteiger partial charge in [0.1, 0.15) is 0 Å². The fourth-order valence-electron chi connectivity index (χ4n) is 2.95. The Labute approximate surface area is 112 Å². The highest BCUT2D eigenvalue weighted by Gasteiger charge is 2.22. The highest BCUT2D eigenvalue weighted by atomic mass is 16.1. The Morgan fingerprint density at radius 2 is 1.94 bits per heavy atom. The number of hydrogen-bond donors (Lipinski definition) is 2. The summed E-state index contributed by atoms with van der Waals surface area (Å²) < 4.78 is 0. The van der Waals surface area contributed by atoms with E-state index in [1.807, 2.05) is 0 Å². The maximum atomic E-state index is 11.9. The van der Waals surface area contributed by atoms with Crippen LogP contribution in [0.15, 0.2) is 0 Å². The lowest BCUT2D eigenvalue weighted by Gasteiger charge is -2.29. The van der Waals surface area contributed by atoms with Crippen molar-refractivity contribution in [3.05, 3.63) is 0 Å². The summed E-state index contributed by atoms with van der Waals surface area (Å²) in [5, 5.41) is 3.19. The molecule has 1 amide bonds. The summed E-state index contributed by atoms with van der Waals surface area (Å²) in [6.45, 7) is 4.97. The van der Waals surface area contributed by atoms with Gasteiger partial charge in [0.25, 0.3) is 0 Å². The number of amides is 1. The molecule has 1 fully saturated rings. The van der Waals surface area contributed by atoms with Crippen LogP contribution in [0, 0.1) is 11.8 Å². The maximum absolute atomic E-state index is 11.9. The van der Waals surface area contributed by atoms with Gasteiger partial charge in [0.15, 0.2) is 0 Å². The van der Waals surface area contributed by atoms with E-state index in [1.165, 1.54) is 25.7 Å². The SMILES string of the molecule is CCCC1CCC(NC(=O)CC(CC)CN)CC1. The van der Waals surface area contributed by atoms with Gasteiger partial charge in [-0.25, -0.2) is 0 Å². The first-order valence-corrected chi connectivity index (χ1v) is 7.68. The summed E-state index contributed by atoms with van der Waals surface area (Å²) in [6, 6.07) is 0.417. The zero-order valence-electron chi connectivity index (χ0n) is 12.1. The molecule has 1 unspecified atom stereocenters. The maximum Gasteiger partial charge on any atom is 0.220 e. The molecule has 1 aliphatic carbocycles. The molecule has 1 atom stereocenters. The Hall–Kier alpha value is -0.570. The molecule has 0 saturated heterocycles. The van der Waals surface area contributed by atoms with Gasteiger partial charge >= 0.3 is 0 Å². The highest BCUT2D eigenvalue weighted by Crippen LogP contribution is 2.27. The van der Waals surface area contributed by atoms with Gasteiger partial charge in [0, 0.05) is 12.5 Å². The number of hydrogen-bond acceptors (Lipinski definition) is 2. The number of nitrogens with two attached hydrogens (primary N) is 1. The van der Waals surface area contributed by atoms with Crippen LogP contribution in [0.5, 0.6) is 0 Å². The molecule has 0 radical (unpaired) electrons. The molecule has 1 rings (SSSR count). The Balaban J connectivity index is 2.21. The van der Waals surface area contributed by atoms with Crippen molar-refractivity contribution in [3.8, 4) is 0 Å². The smallest absolute Gasteiger partial charge is 0.220 e. The molecule has 0 aromatic rings. The molecule has 3 N–H and O–H groups in total. The van der Waals surface area contributed by atoms with E-state index in [0.717, 1.165) is 25.2 Å².